The van der Waals surface area contributed by atoms with E-state index in [4.69, 9.17) is 16.3 Å². The van der Waals surface area contributed by atoms with Gasteiger partial charge in [0.25, 0.3) is 0 Å². The Balaban J connectivity index is 2.89. The van der Waals surface area contributed by atoms with E-state index in [2.05, 4.69) is 31.9 Å². The van der Waals surface area contributed by atoms with Crippen molar-refractivity contribution in [1.82, 2.24) is 0 Å². The zero-order chi connectivity index (χ0) is 11.4. The summed E-state index contributed by atoms with van der Waals surface area (Å²) >= 11 is 12.6. The maximum Gasteiger partial charge on any atom is 0.310 e. The number of halogens is 3. The number of rotatable bonds is 3. The van der Waals surface area contributed by atoms with E-state index >= 15 is 0 Å². The van der Waals surface area contributed by atoms with Crippen LogP contribution in [0.5, 0.6) is 0 Å². The smallest absolute Gasteiger partial charge is 0.310 e. The summed E-state index contributed by atoms with van der Waals surface area (Å²) in [6.07, 6.45) is 0.216. The molecule has 0 aliphatic rings. The van der Waals surface area contributed by atoms with Gasteiger partial charge in [0.05, 0.1) is 18.1 Å². The Kier molecular flexibility index (Phi) is 5.09. The van der Waals surface area contributed by atoms with Gasteiger partial charge in [0.1, 0.15) is 0 Å². The lowest BCUT2D eigenvalue weighted by molar-refractivity contribution is -0.142. The molecule has 15 heavy (non-hydrogen) atoms. The summed E-state index contributed by atoms with van der Waals surface area (Å²) < 4.78 is 6.44. The molecule has 0 aliphatic carbocycles. The highest BCUT2D eigenvalue weighted by Crippen LogP contribution is 2.30. The monoisotopic (exact) mass is 354 g/mol. The van der Waals surface area contributed by atoms with E-state index in [-0.39, 0.29) is 12.4 Å². The fourth-order valence-electron chi connectivity index (χ4n) is 1.11. The van der Waals surface area contributed by atoms with E-state index in [9.17, 15) is 4.79 Å². The second-order valence-electron chi connectivity index (χ2n) is 2.84. The second kappa shape index (κ2) is 5.87. The molecule has 0 saturated carbocycles. The van der Waals surface area contributed by atoms with Crippen molar-refractivity contribution in [3.8, 4) is 0 Å². The Hall–Kier alpha value is -0.0600. The molecule has 0 heterocycles. The van der Waals surface area contributed by atoms with Gasteiger partial charge < -0.3 is 4.74 Å². The third-order valence-corrected chi connectivity index (χ3v) is 3.63. The van der Waals surface area contributed by atoms with Gasteiger partial charge >= 0.3 is 5.97 Å². The van der Waals surface area contributed by atoms with Crippen molar-refractivity contribution >= 4 is 49.4 Å². The van der Waals surface area contributed by atoms with Crippen LogP contribution in [0.1, 0.15) is 12.5 Å². The van der Waals surface area contributed by atoms with Gasteiger partial charge in [0, 0.05) is 8.95 Å². The van der Waals surface area contributed by atoms with Crippen molar-refractivity contribution < 1.29 is 9.53 Å². The molecule has 0 N–H and O–H groups in total. The van der Waals surface area contributed by atoms with Crippen molar-refractivity contribution in [2.75, 3.05) is 6.61 Å². The van der Waals surface area contributed by atoms with Gasteiger partial charge in [0.15, 0.2) is 0 Å². The zero-order valence-corrected chi connectivity index (χ0v) is 11.9. The molecule has 0 saturated heterocycles. The Morgan fingerprint density at radius 1 is 1.47 bits per heavy atom. The van der Waals surface area contributed by atoms with Gasteiger partial charge in [-0.15, -0.1) is 0 Å². The van der Waals surface area contributed by atoms with Gasteiger partial charge in [-0.25, -0.2) is 0 Å². The van der Waals surface area contributed by atoms with E-state index in [0.29, 0.717) is 11.6 Å². The highest BCUT2D eigenvalue weighted by Gasteiger charge is 2.11. The highest BCUT2D eigenvalue weighted by molar-refractivity contribution is 9.11. The van der Waals surface area contributed by atoms with Crippen LogP contribution in [0.4, 0.5) is 0 Å². The van der Waals surface area contributed by atoms with E-state index in [1.807, 2.05) is 6.07 Å². The van der Waals surface area contributed by atoms with Crippen LogP contribution < -0.4 is 0 Å². The van der Waals surface area contributed by atoms with Crippen LogP contribution in [0.3, 0.4) is 0 Å². The van der Waals surface area contributed by atoms with Crippen LogP contribution in [0.2, 0.25) is 5.02 Å². The van der Waals surface area contributed by atoms with Crippen LogP contribution in [0, 0.1) is 0 Å². The summed E-state index contributed by atoms with van der Waals surface area (Å²) in [4.78, 5) is 11.3. The second-order valence-corrected chi connectivity index (χ2v) is 4.96. The third-order valence-electron chi connectivity index (χ3n) is 1.71. The van der Waals surface area contributed by atoms with Crippen LogP contribution >= 0.6 is 43.5 Å². The quantitative estimate of drug-likeness (QED) is 0.605. The topological polar surface area (TPSA) is 26.3 Å². The summed E-state index contributed by atoms with van der Waals surface area (Å²) in [5, 5.41) is 0.573. The lowest BCUT2D eigenvalue weighted by Crippen LogP contribution is -2.08. The van der Waals surface area contributed by atoms with Crippen molar-refractivity contribution in [1.29, 1.82) is 0 Å². The van der Waals surface area contributed by atoms with E-state index in [0.717, 1.165) is 14.5 Å². The van der Waals surface area contributed by atoms with Gasteiger partial charge in [-0.3, -0.25) is 4.79 Å². The summed E-state index contributed by atoms with van der Waals surface area (Å²) in [5.74, 6) is -0.257. The molecule has 0 aromatic heterocycles. The molecule has 1 aromatic carbocycles. The van der Waals surface area contributed by atoms with E-state index in [1.54, 1.807) is 13.0 Å². The van der Waals surface area contributed by atoms with Gasteiger partial charge in [-0.1, -0.05) is 27.5 Å². The van der Waals surface area contributed by atoms with Crippen LogP contribution in [0.25, 0.3) is 0 Å². The van der Waals surface area contributed by atoms with Crippen molar-refractivity contribution in [2.24, 2.45) is 0 Å². The maximum atomic E-state index is 11.3. The first-order chi connectivity index (χ1) is 7.04. The number of carbonyl (C=O) groups is 1. The fourth-order valence-corrected chi connectivity index (χ4v) is 2.35. The molecule has 82 valence electrons. The van der Waals surface area contributed by atoms with E-state index in [1.165, 1.54) is 0 Å². The first-order valence-corrected chi connectivity index (χ1v) is 6.30. The summed E-state index contributed by atoms with van der Waals surface area (Å²) in [5.41, 5.74) is 0.813. The van der Waals surface area contributed by atoms with Crippen molar-refractivity contribution in [3.05, 3.63) is 31.7 Å². The SMILES string of the molecule is CCOC(=O)Cc1cc(Br)cc(Cl)c1Br. The molecule has 1 aromatic rings. The molecule has 2 nitrogen and oxygen atoms in total. The van der Waals surface area contributed by atoms with Gasteiger partial charge in [-0.05, 0) is 40.5 Å². The van der Waals surface area contributed by atoms with Gasteiger partial charge in [-0.2, -0.15) is 0 Å². The fraction of sp³-hybridized carbons (Fsp3) is 0.300. The van der Waals surface area contributed by atoms with E-state index < -0.39 is 0 Å². The molecule has 0 radical (unpaired) electrons. The third kappa shape index (κ3) is 3.78. The minimum absolute atomic E-state index is 0.216. The predicted octanol–water partition coefficient (Wildman–Crippen LogP) is 3.97. The molecular formula is C10H9Br2ClO2. The number of ether oxygens (including phenoxy) is 1. The lowest BCUT2D eigenvalue weighted by Gasteiger charge is -2.06. The average molecular weight is 356 g/mol. The Bertz CT molecular complexity index is 380. The molecule has 0 bridgehead atoms. The Morgan fingerprint density at radius 2 is 2.13 bits per heavy atom. The number of benzene rings is 1. The number of carbonyl (C=O) groups excluding carboxylic acids is 1. The van der Waals surface area contributed by atoms with Crippen LogP contribution in [-0.4, -0.2) is 12.6 Å². The average Bonchev–Trinajstić information content (AvgIpc) is 2.13. The van der Waals surface area contributed by atoms with Crippen molar-refractivity contribution in [2.45, 2.75) is 13.3 Å². The molecule has 0 amide bonds. The number of hydrogen-bond donors (Lipinski definition) is 0. The van der Waals surface area contributed by atoms with Gasteiger partial charge in [0.2, 0.25) is 0 Å². The predicted molar refractivity (Wildman–Crippen MR) is 67.2 cm³/mol. The van der Waals surface area contributed by atoms with Crippen LogP contribution in [0.15, 0.2) is 21.1 Å². The molecular weight excluding hydrogens is 347 g/mol. The molecule has 0 spiro atoms. The molecule has 1 rings (SSSR count). The summed E-state index contributed by atoms with van der Waals surface area (Å²) in [6.45, 7) is 2.17. The summed E-state index contributed by atoms with van der Waals surface area (Å²) in [6, 6.07) is 3.60. The molecule has 0 atom stereocenters. The maximum absolute atomic E-state index is 11.3. The highest BCUT2D eigenvalue weighted by atomic mass is 79.9. The largest absolute Gasteiger partial charge is 0.466 e. The Labute approximate surface area is 110 Å². The zero-order valence-electron chi connectivity index (χ0n) is 8.02. The Morgan fingerprint density at radius 3 is 2.73 bits per heavy atom. The first kappa shape index (κ1) is 13.0. The minimum Gasteiger partial charge on any atom is -0.466 e. The molecule has 0 fully saturated rings. The van der Waals surface area contributed by atoms with Crippen molar-refractivity contribution in [3.63, 3.8) is 0 Å². The molecule has 0 aliphatic heterocycles. The molecule has 5 heteroatoms. The number of esters is 1. The minimum atomic E-state index is -0.257. The normalized spacial score (nSPS) is 10.1. The lowest BCUT2D eigenvalue weighted by atomic mass is 10.1. The standard InChI is InChI=1S/C10H9Br2ClO2/c1-2-15-9(14)4-6-3-7(11)5-8(13)10(6)12/h3,5H,2,4H2,1H3. The molecule has 0 unspecified atom stereocenters. The number of hydrogen-bond acceptors (Lipinski definition) is 2. The summed E-state index contributed by atoms with van der Waals surface area (Å²) in [7, 11) is 0. The first-order valence-electron chi connectivity index (χ1n) is 4.33. The van der Waals surface area contributed by atoms with Crippen LogP contribution in [-0.2, 0) is 16.0 Å².